The van der Waals surface area contributed by atoms with E-state index in [1.165, 1.54) is 17.0 Å². The van der Waals surface area contributed by atoms with Crippen molar-refractivity contribution in [3.8, 4) is 5.75 Å². The Labute approximate surface area is 171 Å². The predicted octanol–water partition coefficient (Wildman–Crippen LogP) is 4.22. The van der Waals surface area contributed by atoms with Gasteiger partial charge in [0.05, 0.1) is 24.9 Å². The van der Waals surface area contributed by atoms with E-state index in [1.807, 2.05) is 42.6 Å². The van der Waals surface area contributed by atoms with Crippen molar-refractivity contribution in [1.29, 1.82) is 0 Å². The average molecular weight is 393 g/mol. The lowest BCUT2D eigenvalue weighted by Gasteiger charge is -2.28. The number of thiocarbonyl (C=S) groups is 1. The molecule has 144 valence electrons. The first-order valence-electron chi connectivity index (χ1n) is 9.28. The van der Waals surface area contributed by atoms with Crippen molar-refractivity contribution in [2.45, 2.75) is 25.9 Å². The molecule has 0 saturated carbocycles. The van der Waals surface area contributed by atoms with Crippen LogP contribution in [0.25, 0.3) is 0 Å². The maximum atomic E-state index is 5.77. The third kappa shape index (κ3) is 3.03. The van der Waals surface area contributed by atoms with E-state index in [4.69, 9.17) is 17.0 Å². The van der Waals surface area contributed by atoms with Crippen molar-refractivity contribution < 1.29 is 4.74 Å². The van der Waals surface area contributed by atoms with Gasteiger partial charge in [-0.15, -0.1) is 0 Å². The van der Waals surface area contributed by atoms with Crippen LogP contribution in [0.2, 0.25) is 0 Å². The summed E-state index contributed by atoms with van der Waals surface area (Å²) in [5.41, 5.74) is 5.71. The van der Waals surface area contributed by atoms with Crippen LogP contribution < -0.4 is 15.0 Å². The molecule has 2 atom stereocenters. The molecule has 4 rings (SSSR count). The minimum atomic E-state index is -0.0312. The van der Waals surface area contributed by atoms with Crippen LogP contribution >= 0.6 is 12.2 Å². The van der Waals surface area contributed by atoms with E-state index in [0.29, 0.717) is 5.11 Å². The van der Waals surface area contributed by atoms with E-state index >= 15 is 0 Å². The number of pyridine rings is 1. The summed E-state index contributed by atoms with van der Waals surface area (Å²) < 4.78 is 7.54. The number of hydrogen-bond acceptors (Lipinski definition) is 3. The van der Waals surface area contributed by atoms with Crippen LogP contribution in [0.3, 0.4) is 0 Å². The Kier molecular flexibility index (Phi) is 4.81. The lowest BCUT2D eigenvalue weighted by atomic mass is 9.96. The van der Waals surface area contributed by atoms with Crippen LogP contribution in [0.5, 0.6) is 5.75 Å². The fourth-order valence-corrected chi connectivity index (χ4v) is 4.22. The molecular formula is C22H24N4OS. The summed E-state index contributed by atoms with van der Waals surface area (Å²) in [4.78, 5) is 6.80. The minimum Gasteiger partial charge on any atom is -0.497 e. The number of anilines is 1. The number of methoxy groups -OCH3 is 1. The van der Waals surface area contributed by atoms with E-state index in [2.05, 4.69) is 52.8 Å². The number of ether oxygens (including phenoxy) is 1. The molecule has 5 nitrogen and oxygen atoms in total. The molecule has 3 heterocycles. The van der Waals surface area contributed by atoms with Crippen molar-refractivity contribution in [1.82, 2.24) is 14.9 Å². The molecule has 1 aliphatic rings. The van der Waals surface area contributed by atoms with Crippen LogP contribution in [0.1, 0.15) is 34.7 Å². The molecule has 0 amide bonds. The molecule has 0 aliphatic carbocycles. The van der Waals surface area contributed by atoms with E-state index in [0.717, 1.165) is 17.1 Å². The van der Waals surface area contributed by atoms with Gasteiger partial charge < -0.3 is 19.5 Å². The largest absolute Gasteiger partial charge is 0.497 e. The second kappa shape index (κ2) is 7.28. The monoisotopic (exact) mass is 392 g/mol. The zero-order valence-electron chi connectivity index (χ0n) is 16.5. The maximum Gasteiger partial charge on any atom is 0.174 e. The van der Waals surface area contributed by atoms with Crippen LogP contribution in [0, 0.1) is 13.8 Å². The molecule has 0 bridgehead atoms. The van der Waals surface area contributed by atoms with Crippen molar-refractivity contribution in [3.05, 3.63) is 77.4 Å². The Morgan fingerprint density at radius 2 is 1.86 bits per heavy atom. The fraction of sp³-hybridized carbons (Fsp3) is 0.273. The Balaban J connectivity index is 1.85. The molecule has 28 heavy (non-hydrogen) atoms. The topological polar surface area (TPSA) is 42.3 Å². The highest BCUT2D eigenvalue weighted by Crippen LogP contribution is 2.43. The molecule has 1 fully saturated rings. The second-order valence-corrected chi connectivity index (χ2v) is 7.47. The first-order valence-corrected chi connectivity index (χ1v) is 9.69. The van der Waals surface area contributed by atoms with Gasteiger partial charge in [0.25, 0.3) is 0 Å². The highest BCUT2D eigenvalue weighted by atomic mass is 32.1. The minimum absolute atomic E-state index is 0.00990. The number of benzene rings is 1. The van der Waals surface area contributed by atoms with Gasteiger partial charge in [0.1, 0.15) is 5.75 Å². The lowest BCUT2D eigenvalue weighted by molar-refractivity contribution is 0.415. The maximum absolute atomic E-state index is 5.77. The fourth-order valence-electron chi connectivity index (χ4n) is 3.88. The van der Waals surface area contributed by atoms with Crippen LogP contribution in [-0.4, -0.2) is 21.8 Å². The first kappa shape index (κ1) is 18.5. The summed E-state index contributed by atoms with van der Waals surface area (Å²) in [5.74, 6) is 0.825. The van der Waals surface area contributed by atoms with Crippen LogP contribution in [-0.2, 0) is 7.05 Å². The van der Waals surface area contributed by atoms with E-state index in [1.54, 1.807) is 7.11 Å². The molecule has 0 radical (unpaired) electrons. The van der Waals surface area contributed by atoms with E-state index < -0.39 is 0 Å². The molecule has 1 aromatic carbocycles. The molecule has 1 aliphatic heterocycles. The summed E-state index contributed by atoms with van der Waals surface area (Å²) >= 11 is 5.77. The number of rotatable bonds is 4. The van der Waals surface area contributed by atoms with Gasteiger partial charge in [-0.2, -0.15) is 0 Å². The second-order valence-electron chi connectivity index (χ2n) is 7.08. The summed E-state index contributed by atoms with van der Waals surface area (Å²) in [7, 11) is 3.77. The Morgan fingerprint density at radius 1 is 1.11 bits per heavy atom. The molecule has 3 aromatic rings. The molecule has 0 spiro atoms. The lowest BCUT2D eigenvalue weighted by Crippen LogP contribution is -2.29. The number of aromatic nitrogens is 2. The predicted molar refractivity (Wildman–Crippen MR) is 116 cm³/mol. The van der Waals surface area contributed by atoms with Gasteiger partial charge in [0.15, 0.2) is 5.11 Å². The number of nitrogens with one attached hydrogen (secondary N) is 1. The van der Waals surface area contributed by atoms with Crippen molar-refractivity contribution in [3.63, 3.8) is 0 Å². The van der Waals surface area contributed by atoms with Gasteiger partial charge in [0, 0.05) is 30.3 Å². The molecule has 2 aromatic heterocycles. The Hall–Kier alpha value is -2.86. The van der Waals surface area contributed by atoms with Crippen molar-refractivity contribution >= 4 is 23.0 Å². The van der Waals surface area contributed by atoms with Crippen LogP contribution in [0.15, 0.2) is 54.7 Å². The SMILES string of the molecule is COc1ccc(N2C(=S)NC(c3ccccn3)C2c2cc(C)n(C)c2C)cc1. The molecule has 1 N–H and O–H groups in total. The highest BCUT2D eigenvalue weighted by Gasteiger charge is 2.42. The standard InChI is InChI=1S/C22H24N4OS/c1-14-13-18(15(2)25(14)3)21-20(19-7-5-6-12-23-19)24-22(28)26(21)16-8-10-17(27-4)11-9-16/h5-13,20-21H,1-4H3,(H,24,28). The average Bonchev–Trinajstić information content (AvgIpc) is 3.20. The van der Waals surface area contributed by atoms with Crippen LogP contribution in [0.4, 0.5) is 5.69 Å². The summed E-state index contributed by atoms with van der Waals surface area (Å²) in [5, 5.41) is 4.21. The molecular weight excluding hydrogens is 368 g/mol. The van der Waals surface area contributed by atoms with Gasteiger partial charge in [-0.1, -0.05) is 6.07 Å². The molecule has 2 unspecified atom stereocenters. The summed E-state index contributed by atoms with van der Waals surface area (Å²) in [6, 6.07) is 16.3. The molecule has 1 saturated heterocycles. The number of nitrogens with zero attached hydrogens (tertiary/aromatic N) is 3. The van der Waals surface area contributed by atoms with Gasteiger partial charge >= 0.3 is 0 Å². The third-order valence-electron chi connectivity index (χ3n) is 5.58. The zero-order valence-corrected chi connectivity index (χ0v) is 17.3. The van der Waals surface area contributed by atoms with E-state index in [-0.39, 0.29) is 12.1 Å². The van der Waals surface area contributed by atoms with Gasteiger partial charge in [0.2, 0.25) is 0 Å². The van der Waals surface area contributed by atoms with Gasteiger partial charge in [-0.05, 0) is 74.1 Å². The van der Waals surface area contributed by atoms with Gasteiger partial charge in [-0.25, -0.2) is 0 Å². The normalized spacial score (nSPS) is 19.0. The third-order valence-corrected chi connectivity index (χ3v) is 5.90. The quantitative estimate of drug-likeness (QED) is 0.673. The van der Waals surface area contributed by atoms with E-state index in [9.17, 15) is 0 Å². The zero-order chi connectivity index (χ0) is 19.8. The smallest absolute Gasteiger partial charge is 0.174 e. The van der Waals surface area contributed by atoms with Crippen molar-refractivity contribution in [2.24, 2.45) is 7.05 Å². The first-order chi connectivity index (χ1) is 13.5. The van der Waals surface area contributed by atoms with Gasteiger partial charge in [-0.3, -0.25) is 4.98 Å². The number of hydrogen-bond donors (Lipinski definition) is 1. The Bertz CT molecular complexity index is 997. The summed E-state index contributed by atoms with van der Waals surface area (Å²) in [6.45, 7) is 4.29. The molecule has 6 heteroatoms. The van der Waals surface area contributed by atoms with Crippen molar-refractivity contribution in [2.75, 3.05) is 12.0 Å². The Morgan fingerprint density at radius 3 is 2.43 bits per heavy atom. The highest BCUT2D eigenvalue weighted by molar-refractivity contribution is 7.80. The number of aryl methyl sites for hydroxylation is 1. The summed E-state index contributed by atoms with van der Waals surface area (Å²) in [6.07, 6.45) is 1.83.